The minimum atomic E-state index is -0.480. The minimum absolute atomic E-state index is 0.271. The number of carbonyl (C=O) groups is 1. The Hall–Kier alpha value is -1.76. The lowest BCUT2D eigenvalue weighted by Crippen LogP contribution is -2.46. The van der Waals surface area contributed by atoms with Gasteiger partial charge in [0.2, 0.25) is 0 Å². The third-order valence-electron chi connectivity index (χ3n) is 3.35. The first-order valence-corrected chi connectivity index (χ1v) is 9.39. The molecule has 0 saturated heterocycles. The number of hydrogen-bond donors (Lipinski definition) is 2. The molecule has 142 valence electrons. The molecule has 25 heavy (non-hydrogen) atoms. The van der Waals surface area contributed by atoms with Crippen molar-refractivity contribution in [2.45, 2.75) is 52.7 Å². The normalized spacial score (nSPS) is 13.3. The van der Waals surface area contributed by atoms with Crippen molar-refractivity contribution in [3.8, 4) is 0 Å². The summed E-state index contributed by atoms with van der Waals surface area (Å²) in [6.07, 6.45) is 0.635. The maximum absolute atomic E-state index is 11.9. The highest BCUT2D eigenvalue weighted by Gasteiger charge is 2.19. The van der Waals surface area contributed by atoms with E-state index in [4.69, 9.17) is 4.74 Å². The fourth-order valence-corrected chi connectivity index (χ4v) is 3.17. The van der Waals surface area contributed by atoms with Gasteiger partial charge in [-0.15, -0.1) is 11.3 Å². The molecule has 0 bridgehead atoms. The maximum Gasteiger partial charge on any atom is 0.410 e. The summed E-state index contributed by atoms with van der Waals surface area (Å²) < 4.78 is 5.33. The molecule has 2 N–H and O–H groups in total. The molecule has 0 saturated carbocycles. The summed E-state index contributed by atoms with van der Waals surface area (Å²) in [5.41, 5.74) is -0.480. The van der Waals surface area contributed by atoms with Crippen molar-refractivity contribution in [3.63, 3.8) is 0 Å². The van der Waals surface area contributed by atoms with Crippen molar-refractivity contribution in [2.24, 2.45) is 4.99 Å². The number of thiophene rings is 1. The van der Waals surface area contributed by atoms with Gasteiger partial charge < -0.3 is 20.3 Å². The van der Waals surface area contributed by atoms with E-state index in [0.717, 1.165) is 12.4 Å². The third kappa shape index (κ3) is 8.77. The van der Waals surface area contributed by atoms with Gasteiger partial charge in [-0.3, -0.25) is 4.99 Å². The van der Waals surface area contributed by atoms with Crippen molar-refractivity contribution >= 4 is 23.4 Å². The molecular formula is C18H32N4O2S. The number of rotatable bonds is 6. The Labute approximate surface area is 155 Å². The second kappa shape index (κ2) is 9.65. The largest absolute Gasteiger partial charge is 0.444 e. The highest BCUT2D eigenvalue weighted by atomic mass is 32.1. The summed E-state index contributed by atoms with van der Waals surface area (Å²) in [5, 5.41) is 6.61. The molecule has 0 aliphatic rings. The van der Waals surface area contributed by atoms with Gasteiger partial charge in [-0.1, -0.05) is 0 Å². The van der Waals surface area contributed by atoms with Gasteiger partial charge in [0.15, 0.2) is 5.96 Å². The topological polar surface area (TPSA) is 66.0 Å². The Kier molecular flexibility index (Phi) is 8.22. The first-order chi connectivity index (χ1) is 11.6. The first-order valence-electron chi connectivity index (χ1n) is 8.57. The maximum atomic E-state index is 11.9. The number of aryl methyl sites for hydroxylation is 1. The monoisotopic (exact) mass is 368 g/mol. The molecule has 1 rings (SSSR count). The van der Waals surface area contributed by atoms with Crippen LogP contribution >= 0.6 is 11.3 Å². The van der Waals surface area contributed by atoms with Crippen LogP contribution in [0.1, 0.15) is 37.4 Å². The number of carbonyl (C=O) groups excluding carboxylic acids is 1. The fraction of sp³-hybridized carbons (Fsp3) is 0.667. The number of likely N-dealkylation sites (N-methyl/N-ethyl adjacent to an activating group) is 1. The van der Waals surface area contributed by atoms with Gasteiger partial charge in [0.25, 0.3) is 0 Å². The van der Waals surface area contributed by atoms with Crippen LogP contribution < -0.4 is 10.6 Å². The quantitative estimate of drug-likeness (QED) is 0.598. The minimum Gasteiger partial charge on any atom is -0.444 e. The Morgan fingerprint density at radius 1 is 1.40 bits per heavy atom. The summed E-state index contributed by atoms with van der Waals surface area (Å²) in [5.74, 6) is 0.735. The Bertz CT molecular complexity index is 578. The van der Waals surface area contributed by atoms with E-state index in [9.17, 15) is 4.79 Å². The molecule has 0 aromatic carbocycles. The number of nitrogens with zero attached hydrogens (tertiary/aromatic N) is 2. The van der Waals surface area contributed by atoms with Gasteiger partial charge in [0.1, 0.15) is 5.60 Å². The van der Waals surface area contributed by atoms with E-state index in [1.165, 1.54) is 9.75 Å². The molecule has 0 fully saturated rings. The molecule has 1 aromatic heterocycles. The zero-order chi connectivity index (χ0) is 19.0. The average molecular weight is 369 g/mol. The second-order valence-electron chi connectivity index (χ2n) is 7.16. The van der Waals surface area contributed by atoms with Gasteiger partial charge in [0, 0.05) is 49.4 Å². The van der Waals surface area contributed by atoms with Crippen LogP contribution in [0.15, 0.2) is 17.1 Å². The summed E-state index contributed by atoms with van der Waals surface area (Å²) in [6.45, 7) is 11.0. The van der Waals surface area contributed by atoms with E-state index >= 15 is 0 Å². The smallest absolute Gasteiger partial charge is 0.410 e. The lowest BCUT2D eigenvalue weighted by Gasteiger charge is -2.25. The number of ether oxygens (including phenoxy) is 1. The van der Waals surface area contributed by atoms with Gasteiger partial charge >= 0.3 is 6.09 Å². The molecule has 0 spiro atoms. The standard InChI is InChI=1S/C18H32N4O2S/c1-13(12-15-9-8-14(2)25-15)21-16(19-6)20-10-11-22(7)17(23)24-18(3,4)5/h8-9,13H,10-12H2,1-7H3,(H2,19,20,21). The van der Waals surface area contributed by atoms with E-state index in [0.29, 0.717) is 13.1 Å². The van der Waals surface area contributed by atoms with Gasteiger partial charge in [-0.05, 0) is 46.8 Å². The highest BCUT2D eigenvalue weighted by molar-refractivity contribution is 7.11. The Balaban J connectivity index is 2.35. The molecule has 7 heteroatoms. The van der Waals surface area contributed by atoms with Crippen LogP contribution in [-0.4, -0.2) is 55.8 Å². The second-order valence-corrected chi connectivity index (χ2v) is 8.54. The van der Waals surface area contributed by atoms with Crippen molar-refractivity contribution in [1.82, 2.24) is 15.5 Å². The fourth-order valence-electron chi connectivity index (χ4n) is 2.15. The predicted octanol–water partition coefficient (Wildman–Crippen LogP) is 3.02. The molecule has 1 heterocycles. The average Bonchev–Trinajstić information content (AvgIpc) is 2.89. The SMILES string of the molecule is CN=C(NCCN(C)C(=O)OC(C)(C)C)NC(C)Cc1ccc(C)s1. The molecule has 1 amide bonds. The van der Waals surface area contributed by atoms with Crippen molar-refractivity contribution in [2.75, 3.05) is 27.2 Å². The molecule has 6 nitrogen and oxygen atoms in total. The van der Waals surface area contributed by atoms with Crippen LogP contribution in [0, 0.1) is 6.92 Å². The molecule has 0 radical (unpaired) electrons. The Morgan fingerprint density at radius 3 is 2.60 bits per heavy atom. The van der Waals surface area contributed by atoms with Crippen LogP contribution in [0.25, 0.3) is 0 Å². The number of hydrogen-bond acceptors (Lipinski definition) is 4. The number of nitrogens with one attached hydrogen (secondary N) is 2. The molecule has 1 aromatic rings. The summed E-state index contributed by atoms with van der Waals surface area (Å²) >= 11 is 1.82. The van der Waals surface area contributed by atoms with Gasteiger partial charge in [-0.25, -0.2) is 4.79 Å². The first kappa shape index (κ1) is 21.3. The van der Waals surface area contributed by atoms with Crippen LogP contribution in [0.3, 0.4) is 0 Å². The summed E-state index contributed by atoms with van der Waals surface area (Å²) in [4.78, 5) is 20.4. The number of guanidine groups is 1. The number of amides is 1. The van der Waals surface area contributed by atoms with Crippen LogP contribution in [0.4, 0.5) is 4.79 Å². The van der Waals surface area contributed by atoms with Gasteiger partial charge in [-0.2, -0.15) is 0 Å². The van der Waals surface area contributed by atoms with E-state index < -0.39 is 5.60 Å². The molecule has 0 aliphatic heterocycles. The van der Waals surface area contributed by atoms with E-state index in [1.807, 2.05) is 32.1 Å². The highest BCUT2D eigenvalue weighted by Crippen LogP contribution is 2.16. The number of aliphatic imine (C=N–C) groups is 1. The van der Waals surface area contributed by atoms with E-state index in [2.05, 4.69) is 41.6 Å². The van der Waals surface area contributed by atoms with Crippen LogP contribution in [0.2, 0.25) is 0 Å². The van der Waals surface area contributed by atoms with Crippen LogP contribution in [0.5, 0.6) is 0 Å². The van der Waals surface area contributed by atoms with Crippen molar-refractivity contribution in [3.05, 3.63) is 21.9 Å². The lowest BCUT2D eigenvalue weighted by atomic mass is 10.2. The molecule has 1 atom stereocenters. The predicted molar refractivity (Wildman–Crippen MR) is 106 cm³/mol. The van der Waals surface area contributed by atoms with Gasteiger partial charge in [0.05, 0.1) is 0 Å². The molecular weight excluding hydrogens is 336 g/mol. The zero-order valence-electron chi connectivity index (χ0n) is 16.5. The molecule has 1 unspecified atom stereocenters. The third-order valence-corrected chi connectivity index (χ3v) is 4.38. The molecule has 0 aliphatic carbocycles. The lowest BCUT2D eigenvalue weighted by molar-refractivity contribution is 0.0302. The van der Waals surface area contributed by atoms with E-state index in [1.54, 1.807) is 19.0 Å². The van der Waals surface area contributed by atoms with E-state index in [-0.39, 0.29) is 12.1 Å². The van der Waals surface area contributed by atoms with Crippen LogP contribution in [-0.2, 0) is 11.2 Å². The Morgan fingerprint density at radius 2 is 2.08 bits per heavy atom. The summed E-state index contributed by atoms with van der Waals surface area (Å²) in [7, 11) is 3.47. The summed E-state index contributed by atoms with van der Waals surface area (Å²) in [6, 6.07) is 4.59. The van der Waals surface area contributed by atoms with Crippen molar-refractivity contribution in [1.29, 1.82) is 0 Å². The van der Waals surface area contributed by atoms with Crippen molar-refractivity contribution < 1.29 is 9.53 Å². The zero-order valence-corrected chi connectivity index (χ0v) is 17.3.